The summed E-state index contributed by atoms with van der Waals surface area (Å²) in [7, 11) is 0. The number of carbonyl (C=O) groups excluding carboxylic acids is 1. The van der Waals surface area contributed by atoms with Crippen LogP contribution in [0.2, 0.25) is 5.02 Å². The molecule has 6 nitrogen and oxygen atoms in total. The number of urea groups is 1. The van der Waals surface area contributed by atoms with Crippen LogP contribution in [-0.2, 0) is 0 Å². The van der Waals surface area contributed by atoms with Gasteiger partial charge in [-0.15, -0.1) is 0 Å². The molecule has 0 bridgehead atoms. The first-order chi connectivity index (χ1) is 13.0. The van der Waals surface area contributed by atoms with Gasteiger partial charge in [-0.3, -0.25) is 0 Å². The number of H-pyrrole nitrogens is 1. The number of aromatic amines is 1. The molecular formula is C20H20ClN5O. The van der Waals surface area contributed by atoms with E-state index < -0.39 is 0 Å². The first-order valence-electron chi connectivity index (χ1n) is 8.84. The second-order valence-electron chi connectivity index (χ2n) is 6.79. The smallest absolute Gasteiger partial charge is 0.322 e. The summed E-state index contributed by atoms with van der Waals surface area (Å²) in [6, 6.07) is 7.07. The molecule has 27 heavy (non-hydrogen) atoms. The number of hydrogen-bond acceptors (Lipinski definition) is 3. The molecule has 2 aromatic heterocycles. The zero-order valence-electron chi connectivity index (χ0n) is 15.2. The van der Waals surface area contributed by atoms with E-state index >= 15 is 0 Å². The Labute approximate surface area is 162 Å². The zero-order valence-corrected chi connectivity index (χ0v) is 15.9. The van der Waals surface area contributed by atoms with Crippen molar-refractivity contribution in [3.8, 4) is 0 Å². The maximum atomic E-state index is 12.7. The fourth-order valence-electron chi connectivity index (χ4n) is 3.50. The van der Waals surface area contributed by atoms with Crippen molar-refractivity contribution in [3.05, 3.63) is 59.1 Å². The predicted octanol–water partition coefficient (Wildman–Crippen LogP) is 4.63. The lowest BCUT2D eigenvalue weighted by molar-refractivity contribution is 0.198. The van der Waals surface area contributed by atoms with Gasteiger partial charge < -0.3 is 15.2 Å². The van der Waals surface area contributed by atoms with Crippen molar-refractivity contribution in [1.82, 2.24) is 19.9 Å². The molecule has 0 saturated heterocycles. The van der Waals surface area contributed by atoms with Crippen molar-refractivity contribution in [2.45, 2.75) is 26.3 Å². The maximum Gasteiger partial charge on any atom is 0.322 e. The van der Waals surface area contributed by atoms with Crippen molar-refractivity contribution in [3.63, 3.8) is 0 Å². The standard InChI is InChI=1S/C20H20ClN5O/c1-12-10-22-19-17(12)18(23-11-24-19)14-6-7-26(13(2)8-14)20(27)25-16-5-3-4-15(21)9-16/h3-6,9-11,13H,7-8H2,1-2H3,(H,25,27)(H,22,23,24). The minimum absolute atomic E-state index is 0.0495. The van der Waals surface area contributed by atoms with Crippen molar-refractivity contribution < 1.29 is 4.79 Å². The highest BCUT2D eigenvalue weighted by Crippen LogP contribution is 2.31. The Hall–Kier alpha value is -2.86. The molecule has 0 saturated carbocycles. The molecule has 2 N–H and O–H groups in total. The van der Waals surface area contributed by atoms with Crippen LogP contribution in [0.15, 0.2) is 42.9 Å². The SMILES string of the molecule is Cc1c[nH]c2ncnc(C3=CCN(C(=O)Nc4cccc(Cl)c4)C(C)C3)c12. The van der Waals surface area contributed by atoms with Crippen LogP contribution in [-0.4, -0.2) is 38.5 Å². The molecule has 0 fully saturated rings. The van der Waals surface area contributed by atoms with Crippen LogP contribution in [0, 0.1) is 6.92 Å². The van der Waals surface area contributed by atoms with Crippen LogP contribution >= 0.6 is 11.6 Å². The Morgan fingerprint density at radius 1 is 1.37 bits per heavy atom. The minimum Gasteiger partial charge on any atom is -0.346 e. The number of amides is 2. The molecule has 1 aliphatic heterocycles. The number of fused-ring (bicyclic) bond motifs is 1. The molecule has 1 aromatic carbocycles. The fourth-order valence-corrected chi connectivity index (χ4v) is 3.69. The van der Waals surface area contributed by atoms with Crippen molar-refractivity contribution >= 4 is 39.9 Å². The second kappa shape index (κ2) is 7.04. The van der Waals surface area contributed by atoms with Crippen LogP contribution in [0.25, 0.3) is 16.6 Å². The number of nitrogens with zero attached hydrogens (tertiary/aromatic N) is 3. The van der Waals surface area contributed by atoms with E-state index in [1.807, 2.05) is 37.1 Å². The van der Waals surface area contributed by atoms with E-state index in [4.69, 9.17) is 11.6 Å². The highest BCUT2D eigenvalue weighted by Gasteiger charge is 2.26. The maximum absolute atomic E-state index is 12.7. The highest BCUT2D eigenvalue weighted by molar-refractivity contribution is 6.30. The van der Waals surface area contributed by atoms with E-state index in [1.54, 1.807) is 18.5 Å². The van der Waals surface area contributed by atoms with Crippen LogP contribution in [0.3, 0.4) is 0 Å². The molecule has 0 aliphatic carbocycles. The van der Waals surface area contributed by atoms with E-state index in [0.717, 1.165) is 34.3 Å². The van der Waals surface area contributed by atoms with Gasteiger partial charge in [-0.25, -0.2) is 14.8 Å². The lowest BCUT2D eigenvalue weighted by Crippen LogP contribution is -2.43. The molecule has 3 aromatic rings. The number of hydrogen-bond donors (Lipinski definition) is 2. The number of benzene rings is 1. The second-order valence-corrected chi connectivity index (χ2v) is 7.23. The lowest BCUT2D eigenvalue weighted by atomic mass is 9.96. The van der Waals surface area contributed by atoms with Gasteiger partial charge in [0.15, 0.2) is 0 Å². The van der Waals surface area contributed by atoms with E-state index in [2.05, 4.69) is 26.3 Å². The monoisotopic (exact) mass is 381 g/mol. The minimum atomic E-state index is -0.134. The Bertz CT molecular complexity index is 1040. The Balaban J connectivity index is 1.56. The van der Waals surface area contributed by atoms with E-state index in [9.17, 15) is 4.79 Å². The number of rotatable bonds is 2. The van der Waals surface area contributed by atoms with Gasteiger partial charge in [0.05, 0.1) is 5.69 Å². The highest BCUT2D eigenvalue weighted by atomic mass is 35.5. The number of nitrogens with one attached hydrogen (secondary N) is 2. The number of halogens is 1. The van der Waals surface area contributed by atoms with Crippen molar-refractivity contribution in [2.24, 2.45) is 0 Å². The molecule has 138 valence electrons. The molecule has 2 amide bonds. The van der Waals surface area contributed by atoms with Crippen LogP contribution in [0.1, 0.15) is 24.6 Å². The van der Waals surface area contributed by atoms with Gasteiger partial charge in [-0.1, -0.05) is 23.7 Å². The predicted molar refractivity (Wildman–Crippen MR) is 108 cm³/mol. The summed E-state index contributed by atoms with van der Waals surface area (Å²) in [6.07, 6.45) is 6.34. The molecule has 1 atom stereocenters. The van der Waals surface area contributed by atoms with Gasteiger partial charge in [0, 0.05) is 34.9 Å². The number of carbonyl (C=O) groups is 1. The quantitative estimate of drug-likeness (QED) is 0.679. The third kappa shape index (κ3) is 3.40. The van der Waals surface area contributed by atoms with E-state index in [-0.39, 0.29) is 12.1 Å². The molecule has 0 spiro atoms. The normalized spacial score (nSPS) is 17.1. The summed E-state index contributed by atoms with van der Waals surface area (Å²) < 4.78 is 0. The molecule has 3 heterocycles. The van der Waals surface area contributed by atoms with Gasteiger partial charge >= 0.3 is 6.03 Å². The Kier molecular flexibility index (Phi) is 4.58. The summed E-state index contributed by atoms with van der Waals surface area (Å²) in [5.41, 5.74) is 4.74. The molecular weight excluding hydrogens is 362 g/mol. The van der Waals surface area contributed by atoms with Crippen LogP contribution in [0.4, 0.5) is 10.5 Å². The average molecular weight is 382 g/mol. The summed E-state index contributed by atoms with van der Waals surface area (Å²) in [5, 5.41) is 4.56. The largest absolute Gasteiger partial charge is 0.346 e. The van der Waals surface area contributed by atoms with Crippen LogP contribution < -0.4 is 5.32 Å². The summed E-state index contributed by atoms with van der Waals surface area (Å²) in [5.74, 6) is 0. The Morgan fingerprint density at radius 3 is 3.00 bits per heavy atom. The first kappa shape index (κ1) is 17.5. The fraction of sp³-hybridized carbons (Fsp3) is 0.250. The van der Waals surface area contributed by atoms with Gasteiger partial charge in [0.1, 0.15) is 12.0 Å². The van der Waals surface area contributed by atoms with E-state index in [1.165, 1.54) is 0 Å². The van der Waals surface area contributed by atoms with Crippen molar-refractivity contribution in [1.29, 1.82) is 0 Å². The van der Waals surface area contributed by atoms with Crippen molar-refractivity contribution in [2.75, 3.05) is 11.9 Å². The average Bonchev–Trinajstić information content (AvgIpc) is 3.03. The van der Waals surface area contributed by atoms with Gasteiger partial charge in [0.2, 0.25) is 0 Å². The molecule has 1 aliphatic rings. The van der Waals surface area contributed by atoms with Gasteiger partial charge in [-0.05, 0) is 49.6 Å². The number of anilines is 1. The van der Waals surface area contributed by atoms with E-state index in [0.29, 0.717) is 17.3 Å². The van der Waals surface area contributed by atoms with Gasteiger partial charge in [0.25, 0.3) is 0 Å². The summed E-state index contributed by atoms with van der Waals surface area (Å²) in [6.45, 7) is 4.62. The third-order valence-corrected chi connectivity index (χ3v) is 5.12. The third-order valence-electron chi connectivity index (χ3n) is 4.89. The van der Waals surface area contributed by atoms with Crippen LogP contribution in [0.5, 0.6) is 0 Å². The molecule has 7 heteroatoms. The Morgan fingerprint density at radius 2 is 2.22 bits per heavy atom. The topological polar surface area (TPSA) is 73.9 Å². The summed E-state index contributed by atoms with van der Waals surface area (Å²) in [4.78, 5) is 26.5. The number of aryl methyl sites for hydroxylation is 1. The zero-order chi connectivity index (χ0) is 19.0. The first-order valence-corrected chi connectivity index (χ1v) is 9.22. The summed E-state index contributed by atoms with van der Waals surface area (Å²) >= 11 is 5.99. The number of aromatic nitrogens is 3. The molecule has 1 unspecified atom stereocenters. The lowest BCUT2D eigenvalue weighted by Gasteiger charge is -2.33. The molecule has 0 radical (unpaired) electrons. The molecule has 4 rings (SSSR count). The van der Waals surface area contributed by atoms with Gasteiger partial charge in [-0.2, -0.15) is 0 Å².